The van der Waals surface area contributed by atoms with Crippen molar-refractivity contribution in [2.24, 2.45) is 5.73 Å². The normalized spacial score (nSPS) is 19.1. The minimum atomic E-state index is -0.176. The summed E-state index contributed by atoms with van der Waals surface area (Å²) in [4.78, 5) is 13.0. The third-order valence-corrected chi connectivity index (χ3v) is 5.27. The fourth-order valence-corrected chi connectivity index (χ4v) is 3.77. The highest BCUT2D eigenvalue weighted by Gasteiger charge is 2.26. The summed E-state index contributed by atoms with van der Waals surface area (Å²) >= 11 is 0. The van der Waals surface area contributed by atoms with Crippen LogP contribution in [-0.2, 0) is 0 Å². The molecule has 28 heavy (non-hydrogen) atoms. The van der Waals surface area contributed by atoms with Crippen LogP contribution in [0.2, 0.25) is 0 Å². The summed E-state index contributed by atoms with van der Waals surface area (Å²) in [6, 6.07) is 15.9. The molecule has 0 saturated heterocycles. The number of nitrogens with two attached hydrogens (primary N) is 1. The SMILES string of the molecule is COc1ccc2c(-c3ccccc3)c(C(=O)NC3CCC(N)CC3)oc2c1.Cl. The van der Waals surface area contributed by atoms with Gasteiger partial charge in [0, 0.05) is 29.1 Å². The molecule has 1 aliphatic rings. The van der Waals surface area contributed by atoms with E-state index in [9.17, 15) is 4.79 Å². The minimum absolute atomic E-state index is 0. The Kier molecular flexibility index (Phi) is 6.27. The first-order valence-corrected chi connectivity index (χ1v) is 9.38. The van der Waals surface area contributed by atoms with Crippen LogP contribution in [0.15, 0.2) is 52.9 Å². The number of benzene rings is 2. The van der Waals surface area contributed by atoms with Crippen molar-refractivity contribution in [3.63, 3.8) is 0 Å². The van der Waals surface area contributed by atoms with E-state index in [2.05, 4.69) is 5.32 Å². The third-order valence-electron chi connectivity index (χ3n) is 5.27. The van der Waals surface area contributed by atoms with Gasteiger partial charge in [0.05, 0.1) is 7.11 Å². The Labute approximate surface area is 170 Å². The number of methoxy groups -OCH3 is 1. The number of ether oxygens (including phenoxy) is 1. The first-order chi connectivity index (χ1) is 13.2. The number of hydrogen-bond donors (Lipinski definition) is 2. The van der Waals surface area contributed by atoms with E-state index in [4.69, 9.17) is 14.9 Å². The molecule has 3 aromatic rings. The Balaban J connectivity index is 0.00000225. The van der Waals surface area contributed by atoms with Crippen LogP contribution in [0.4, 0.5) is 0 Å². The fourth-order valence-electron chi connectivity index (χ4n) is 3.77. The predicted molar refractivity (Wildman–Crippen MR) is 113 cm³/mol. The van der Waals surface area contributed by atoms with Crippen molar-refractivity contribution in [2.45, 2.75) is 37.8 Å². The van der Waals surface area contributed by atoms with Crippen molar-refractivity contribution in [2.75, 3.05) is 7.11 Å². The molecule has 1 heterocycles. The van der Waals surface area contributed by atoms with Gasteiger partial charge in [0.25, 0.3) is 5.91 Å². The molecule has 1 fully saturated rings. The number of furan rings is 1. The zero-order valence-corrected chi connectivity index (χ0v) is 16.6. The van der Waals surface area contributed by atoms with Crippen LogP contribution in [-0.4, -0.2) is 25.1 Å². The highest BCUT2D eigenvalue weighted by Crippen LogP contribution is 2.36. The lowest BCUT2D eigenvalue weighted by atomic mass is 9.91. The molecule has 0 bridgehead atoms. The van der Waals surface area contributed by atoms with Crippen LogP contribution >= 0.6 is 12.4 Å². The van der Waals surface area contributed by atoms with Crippen molar-refractivity contribution in [1.82, 2.24) is 5.32 Å². The van der Waals surface area contributed by atoms with Gasteiger partial charge in [-0.1, -0.05) is 30.3 Å². The molecule has 1 saturated carbocycles. The van der Waals surface area contributed by atoms with Crippen LogP contribution in [0.3, 0.4) is 0 Å². The van der Waals surface area contributed by atoms with Crippen molar-refractivity contribution in [3.05, 3.63) is 54.3 Å². The van der Waals surface area contributed by atoms with Gasteiger partial charge in [-0.15, -0.1) is 12.4 Å². The molecular formula is C22H25ClN2O3. The lowest BCUT2D eigenvalue weighted by Crippen LogP contribution is -2.40. The van der Waals surface area contributed by atoms with Crippen molar-refractivity contribution < 1.29 is 13.9 Å². The van der Waals surface area contributed by atoms with Gasteiger partial charge in [0.1, 0.15) is 11.3 Å². The molecule has 0 atom stereocenters. The zero-order valence-electron chi connectivity index (χ0n) is 15.8. The van der Waals surface area contributed by atoms with E-state index in [0.29, 0.717) is 17.1 Å². The van der Waals surface area contributed by atoms with Gasteiger partial charge in [0.2, 0.25) is 5.76 Å². The Morgan fingerprint density at radius 2 is 1.82 bits per heavy atom. The van der Waals surface area contributed by atoms with Gasteiger partial charge in [-0.3, -0.25) is 4.79 Å². The average Bonchev–Trinajstić information content (AvgIpc) is 3.09. The highest BCUT2D eigenvalue weighted by molar-refractivity contribution is 6.08. The highest BCUT2D eigenvalue weighted by atomic mass is 35.5. The molecule has 0 spiro atoms. The Morgan fingerprint density at radius 3 is 2.50 bits per heavy atom. The molecule has 6 heteroatoms. The van der Waals surface area contributed by atoms with Gasteiger partial charge in [0.15, 0.2) is 0 Å². The molecule has 4 rings (SSSR count). The summed E-state index contributed by atoms with van der Waals surface area (Å²) in [6.07, 6.45) is 3.69. The quantitative estimate of drug-likeness (QED) is 0.674. The van der Waals surface area contributed by atoms with E-state index in [1.807, 2.05) is 48.5 Å². The Morgan fingerprint density at radius 1 is 1.11 bits per heavy atom. The van der Waals surface area contributed by atoms with Gasteiger partial charge in [-0.2, -0.15) is 0 Å². The van der Waals surface area contributed by atoms with Gasteiger partial charge in [-0.05, 0) is 43.4 Å². The minimum Gasteiger partial charge on any atom is -0.497 e. The monoisotopic (exact) mass is 400 g/mol. The molecule has 1 aromatic heterocycles. The van der Waals surface area contributed by atoms with E-state index in [1.54, 1.807) is 7.11 Å². The number of rotatable bonds is 4. The number of fused-ring (bicyclic) bond motifs is 1. The van der Waals surface area contributed by atoms with Gasteiger partial charge >= 0.3 is 0 Å². The number of nitrogens with one attached hydrogen (secondary N) is 1. The van der Waals surface area contributed by atoms with E-state index >= 15 is 0 Å². The van der Waals surface area contributed by atoms with Crippen molar-refractivity contribution in [1.29, 1.82) is 0 Å². The standard InChI is InChI=1S/C22H24N2O3.ClH/c1-26-17-11-12-18-19(13-17)27-21(20(18)14-5-3-2-4-6-14)22(25)24-16-9-7-15(23)8-10-16;/h2-6,11-13,15-16H,7-10,23H2,1H3,(H,24,25);1H. The third kappa shape index (κ3) is 4.01. The molecule has 0 radical (unpaired) electrons. The van der Waals surface area contributed by atoms with E-state index < -0.39 is 0 Å². The van der Waals surface area contributed by atoms with E-state index in [-0.39, 0.29) is 30.4 Å². The van der Waals surface area contributed by atoms with Crippen LogP contribution in [0.5, 0.6) is 5.75 Å². The second kappa shape index (κ2) is 8.67. The molecule has 2 aromatic carbocycles. The molecule has 1 aliphatic carbocycles. The second-order valence-corrected chi connectivity index (χ2v) is 7.12. The number of carbonyl (C=O) groups excluding carboxylic acids is 1. The molecule has 5 nitrogen and oxygen atoms in total. The van der Waals surface area contributed by atoms with Crippen LogP contribution < -0.4 is 15.8 Å². The van der Waals surface area contributed by atoms with E-state index in [0.717, 1.165) is 42.2 Å². The van der Waals surface area contributed by atoms with Crippen molar-refractivity contribution >= 4 is 29.3 Å². The summed E-state index contributed by atoms with van der Waals surface area (Å²) in [6.45, 7) is 0. The summed E-state index contributed by atoms with van der Waals surface area (Å²) in [7, 11) is 1.61. The topological polar surface area (TPSA) is 77.5 Å². The van der Waals surface area contributed by atoms with Gasteiger partial charge < -0.3 is 20.2 Å². The summed E-state index contributed by atoms with van der Waals surface area (Å²) in [5.74, 6) is 0.868. The van der Waals surface area contributed by atoms with Gasteiger partial charge in [-0.25, -0.2) is 0 Å². The second-order valence-electron chi connectivity index (χ2n) is 7.12. The number of halogens is 1. The smallest absolute Gasteiger partial charge is 0.287 e. The summed E-state index contributed by atoms with van der Waals surface area (Å²) in [5.41, 5.74) is 8.39. The molecule has 0 unspecified atom stereocenters. The first kappa shape index (κ1) is 20.2. The van der Waals surface area contributed by atoms with Crippen LogP contribution in [0.25, 0.3) is 22.1 Å². The lowest BCUT2D eigenvalue weighted by molar-refractivity contribution is 0.0901. The largest absolute Gasteiger partial charge is 0.497 e. The first-order valence-electron chi connectivity index (χ1n) is 9.38. The number of hydrogen-bond acceptors (Lipinski definition) is 4. The molecule has 3 N–H and O–H groups in total. The number of amides is 1. The van der Waals surface area contributed by atoms with Crippen molar-refractivity contribution in [3.8, 4) is 16.9 Å². The Bertz CT molecular complexity index is 947. The summed E-state index contributed by atoms with van der Waals surface area (Å²) in [5, 5.41) is 4.04. The van der Waals surface area contributed by atoms with Crippen LogP contribution in [0.1, 0.15) is 36.2 Å². The average molecular weight is 401 g/mol. The summed E-state index contributed by atoms with van der Waals surface area (Å²) < 4.78 is 11.3. The van der Waals surface area contributed by atoms with Crippen LogP contribution in [0, 0.1) is 0 Å². The maximum Gasteiger partial charge on any atom is 0.287 e. The lowest BCUT2D eigenvalue weighted by Gasteiger charge is -2.26. The molecular weight excluding hydrogens is 376 g/mol. The zero-order chi connectivity index (χ0) is 18.8. The molecule has 1 amide bonds. The number of carbonyl (C=O) groups is 1. The maximum absolute atomic E-state index is 13.0. The van der Waals surface area contributed by atoms with E-state index in [1.165, 1.54) is 0 Å². The Hall–Kier alpha value is -2.50. The molecule has 148 valence electrons. The fraction of sp³-hybridized carbons (Fsp3) is 0.318. The molecule has 0 aliphatic heterocycles. The predicted octanol–water partition coefficient (Wildman–Crippen LogP) is 4.53. The maximum atomic E-state index is 13.0.